The lowest BCUT2D eigenvalue weighted by molar-refractivity contribution is -0.162. The third-order valence-electron chi connectivity index (χ3n) is 3.65. The molecule has 116 valence electrons. The highest BCUT2D eigenvalue weighted by atomic mass is 32.2. The fraction of sp³-hybridized carbons (Fsp3) is 0.533. The summed E-state index contributed by atoms with van der Waals surface area (Å²) < 4.78 is 32.9. The van der Waals surface area contributed by atoms with E-state index >= 15 is 0 Å². The predicted octanol–water partition coefficient (Wildman–Crippen LogP) is 2.50. The first-order valence-corrected chi connectivity index (χ1v) is 8.62. The van der Waals surface area contributed by atoms with Crippen LogP contribution >= 0.6 is 0 Å². The second-order valence-corrected chi connectivity index (χ2v) is 7.25. The van der Waals surface area contributed by atoms with E-state index in [0.29, 0.717) is 12.8 Å². The minimum Gasteiger partial charge on any atom is -0.443 e. The van der Waals surface area contributed by atoms with Crippen molar-refractivity contribution >= 4 is 16.0 Å². The normalized spacial score (nSPS) is 18.2. The van der Waals surface area contributed by atoms with Crippen LogP contribution in [0.4, 0.5) is 0 Å². The Morgan fingerprint density at radius 1 is 1.14 bits per heavy atom. The Hall–Kier alpha value is -1.40. The van der Waals surface area contributed by atoms with Crippen molar-refractivity contribution in [1.29, 1.82) is 0 Å². The van der Waals surface area contributed by atoms with E-state index in [0.717, 1.165) is 24.8 Å². The van der Waals surface area contributed by atoms with E-state index in [4.69, 9.17) is 4.74 Å². The molecule has 5 nitrogen and oxygen atoms in total. The van der Waals surface area contributed by atoms with Crippen LogP contribution in [0.25, 0.3) is 0 Å². The van der Waals surface area contributed by atoms with Crippen LogP contribution < -0.4 is 4.72 Å². The van der Waals surface area contributed by atoms with E-state index in [9.17, 15) is 13.2 Å². The molecule has 0 radical (unpaired) electrons. The molecule has 1 aliphatic carbocycles. The Kier molecular flexibility index (Phi) is 4.68. The highest BCUT2D eigenvalue weighted by molar-refractivity contribution is 7.89. The second kappa shape index (κ2) is 6.15. The molecule has 0 spiro atoms. The van der Waals surface area contributed by atoms with Gasteiger partial charge in [-0.25, -0.2) is 8.42 Å². The molecule has 0 unspecified atom stereocenters. The van der Waals surface area contributed by atoms with Gasteiger partial charge in [-0.1, -0.05) is 24.1 Å². The summed E-state index contributed by atoms with van der Waals surface area (Å²) in [6, 6.07) is 6.60. The fourth-order valence-corrected chi connectivity index (χ4v) is 3.99. The zero-order chi connectivity index (χ0) is 15.5. The topological polar surface area (TPSA) is 72.5 Å². The molecule has 0 saturated heterocycles. The SMILES string of the molecule is CC(=O)OC1(NS(=O)(=O)c2ccc(C)cc2)CCCCC1. The Labute approximate surface area is 125 Å². The molecular weight excluding hydrogens is 290 g/mol. The molecule has 0 bridgehead atoms. The van der Waals surface area contributed by atoms with Crippen LogP contribution in [0.5, 0.6) is 0 Å². The van der Waals surface area contributed by atoms with Crippen molar-refractivity contribution in [3.8, 4) is 0 Å². The van der Waals surface area contributed by atoms with E-state index in [1.54, 1.807) is 24.3 Å². The molecule has 0 aromatic heterocycles. The standard InChI is InChI=1S/C15H21NO4S/c1-12-6-8-14(9-7-12)21(18,19)16-15(20-13(2)17)10-4-3-5-11-15/h6-9,16H,3-5,10-11H2,1-2H3. The summed E-state index contributed by atoms with van der Waals surface area (Å²) in [6.45, 7) is 3.20. The Morgan fingerprint density at radius 2 is 1.71 bits per heavy atom. The lowest BCUT2D eigenvalue weighted by Crippen LogP contribution is -2.52. The summed E-state index contributed by atoms with van der Waals surface area (Å²) in [6.07, 6.45) is 3.72. The van der Waals surface area contributed by atoms with Gasteiger partial charge in [-0.15, -0.1) is 0 Å². The maximum Gasteiger partial charge on any atom is 0.304 e. The van der Waals surface area contributed by atoms with Crippen molar-refractivity contribution in [3.63, 3.8) is 0 Å². The van der Waals surface area contributed by atoms with Crippen LogP contribution in [-0.4, -0.2) is 20.1 Å². The summed E-state index contributed by atoms with van der Waals surface area (Å²) in [5.74, 6) is -0.469. The minimum atomic E-state index is -3.71. The van der Waals surface area contributed by atoms with E-state index in [-0.39, 0.29) is 4.90 Å². The Morgan fingerprint density at radius 3 is 2.24 bits per heavy atom. The third kappa shape index (κ3) is 4.04. The molecule has 0 aliphatic heterocycles. The molecule has 0 atom stereocenters. The molecular formula is C15H21NO4S. The van der Waals surface area contributed by atoms with Crippen molar-refractivity contribution in [2.75, 3.05) is 0 Å². The highest BCUT2D eigenvalue weighted by Crippen LogP contribution is 2.31. The molecule has 6 heteroatoms. The number of nitrogens with one attached hydrogen (secondary N) is 1. The molecule has 1 aromatic rings. The molecule has 0 amide bonds. The summed E-state index contributed by atoms with van der Waals surface area (Å²) in [4.78, 5) is 11.5. The first-order chi connectivity index (χ1) is 9.83. The predicted molar refractivity (Wildman–Crippen MR) is 79.1 cm³/mol. The molecule has 0 heterocycles. The number of aryl methyl sites for hydroxylation is 1. The maximum atomic E-state index is 12.5. The number of sulfonamides is 1. The van der Waals surface area contributed by atoms with E-state index < -0.39 is 21.7 Å². The van der Waals surface area contributed by atoms with Gasteiger partial charge in [-0.3, -0.25) is 4.79 Å². The number of carbonyl (C=O) groups excluding carboxylic acids is 1. The van der Waals surface area contributed by atoms with E-state index in [1.165, 1.54) is 6.92 Å². The van der Waals surface area contributed by atoms with Gasteiger partial charge in [-0.2, -0.15) is 4.72 Å². The largest absolute Gasteiger partial charge is 0.443 e. The van der Waals surface area contributed by atoms with Crippen LogP contribution in [0.1, 0.15) is 44.6 Å². The monoisotopic (exact) mass is 311 g/mol. The van der Waals surface area contributed by atoms with Gasteiger partial charge in [0.2, 0.25) is 10.0 Å². The van der Waals surface area contributed by atoms with Gasteiger partial charge in [0.1, 0.15) is 0 Å². The number of esters is 1. The van der Waals surface area contributed by atoms with Gasteiger partial charge < -0.3 is 4.74 Å². The molecule has 1 aromatic carbocycles. The summed E-state index contributed by atoms with van der Waals surface area (Å²) >= 11 is 0. The quantitative estimate of drug-likeness (QED) is 0.685. The highest BCUT2D eigenvalue weighted by Gasteiger charge is 2.39. The first kappa shape index (κ1) is 16.0. The Balaban J connectivity index is 2.26. The molecule has 21 heavy (non-hydrogen) atoms. The van der Waals surface area contributed by atoms with Crippen LogP contribution in [0.15, 0.2) is 29.2 Å². The van der Waals surface area contributed by atoms with Gasteiger partial charge in [0.15, 0.2) is 5.72 Å². The summed E-state index contributed by atoms with van der Waals surface area (Å²) in [7, 11) is -3.71. The number of benzene rings is 1. The smallest absolute Gasteiger partial charge is 0.304 e. The summed E-state index contributed by atoms with van der Waals surface area (Å²) in [5.41, 5.74) is -0.116. The van der Waals surface area contributed by atoms with Crippen molar-refractivity contribution in [2.24, 2.45) is 0 Å². The second-order valence-electron chi connectivity index (χ2n) is 5.57. The van der Waals surface area contributed by atoms with Gasteiger partial charge in [0.05, 0.1) is 4.90 Å². The minimum absolute atomic E-state index is 0.185. The number of hydrogen-bond acceptors (Lipinski definition) is 4. The zero-order valence-corrected chi connectivity index (χ0v) is 13.2. The van der Waals surface area contributed by atoms with Gasteiger partial charge >= 0.3 is 5.97 Å². The number of carbonyl (C=O) groups is 1. The average Bonchev–Trinajstić information content (AvgIpc) is 2.38. The van der Waals surface area contributed by atoms with Crippen LogP contribution in [0.2, 0.25) is 0 Å². The molecule has 1 fully saturated rings. The maximum absolute atomic E-state index is 12.5. The van der Waals surface area contributed by atoms with Crippen LogP contribution in [0.3, 0.4) is 0 Å². The fourth-order valence-electron chi connectivity index (χ4n) is 2.64. The van der Waals surface area contributed by atoms with Gasteiger partial charge in [0, 0.05) is 19.8 Å². The third-order valence-corrected chi connectivity index (χ3v) is 5.19. The van der Waals surface area contributed by atoms with Crippen LogP contribution in [0, 0.1) is 6.92 Å². The van der Waals surface area contributed by atoms with Gasteiger partial charge in [-0.05, 0) is 31.9 Å². The summed E-state index contributed by atoms with van der Waals surface area (Å²) in [5, 5.41) is 0. The lowest BCUT2D eigenvalue weighted by Gasteiger charge is -2.36. The molecule has 2 rings (SSSR count). The average molecular weight is 311 g/mol. The number of hydrogen-bond donors (Lipinski definition) is 1. The number of rotatable bonds is 4. The van der Waals surface area contributed by atoms with E-state index in [1.807, 2.05) is 6.92 Å². The Bertz CT molecular complexity index is 601. The number of ether oxygens (including phenoxy) is 1. The van der Waals surface area contributed by atoms with Crippen LogP contribution in [-0.2, 0) is 19.6 Å². The molecule has 1 saturated carbocycles. The molecule has 1 N–H and O–H groups in total. The zero-order valence-electron chi connectivity index (χ0n) is 12.4. The first-order valence-electron chi connectivity index (χ1n) is 7.13. The van der Waals surface area contributed by atoms with Crippen molar-refractivity contribution in [3.05, 3.63) is 29.8 Å². The van der Waals surface area contributed by atoms with Crippen molar-refractivity contribution in [2.45, 2.75) is 56.6 Å². The van der Waals surface area contributed by atoms with Crippen molar-refractivity contribution in [1.82, 2.24) is 4.72 Å². The van der Waals surface area contributed by atoms with Gasteiger partial charge in [0.25, 0.3) is 0 Å². The lowest BCUT2D eigenvalue weighted by atomic mass is 9.92. The van der Waals surface area contributed by atoms with E-state index in [2.05, 4.69) is 4.72 Å². The van der Waals surface area contributed by atoms with Crippen molar-refractivity contribution < 1.29 is 17.9 Å². The molecule has 1 aliphatic rings.